The molecular formula is C29H28FN5O5S2. The lowest BCUT2D eigenvalue weighted by atomic mass is 10.1. The molecule has 4 aromatic rings. The first-order chi connectivity index (χ1) is 20.4. The number of rotatable bonds is 11. The minimum atomic E-state index is -0.433. The number of ether oxygens (including phenoxy) is 2. The number of benzene rings is 2. The first-order valence-corrected chi connectivity index (χ1v) is 15.0. The first-order valence-electron chi connectivity index (χ1n) is 13.2. The molecule has 0 bridgehead atoms. The number of halogens is 1. The average Bonchev–Trinajstić information content (AvgIpc) is 3.70. The van der Waals surface area contributed by atoms with E-state index in [4.69, 9.17) is 9.47 Å². The van der Waals surface area contributed by atoms with Crippen LogP contribution in [0.15, 0.2) is 53.7 Å². The van der Waals surface area contributed by atoms with Crippen LogP contribution in [0.4, 0.5) is 9.39 Å². The summed E-state index contributed by atoms with van der Waals surface area (Å²) in [5.41, 5.74) is 2.41. The number of methoxy groups -OCH3 is 1. The third kappa shape index (κ3) is 6.47. The zero-order valence-electron chi connectivity index (χ0n) is 22.9. The maximum Gasteiger partial charge on any atom is 0.341 e. The van der Waals surface area contributed by atoms with Crippen molar-refractivity contribution in [3.8, 4) is 11.4 Å². The number of hydrogen-bond acceptors (Lipinski definition) is 9. The quantitative estimate of drug-likeness (QED) is 0.184. The van der Waals surface area contributed by atoms with Gasteiger partial charge in [0.25, 0.3) is 5.91 Å². The highest BCUT2D eigenvalue weighted by molar-refractivity contribution is 7.99. The van der Waals surface area contributed by atoms with E-state index in [2.05, 4.69) is 20.8 Å². The van der Waals surface area contributed by atoms with Gasteiger partial charge >= 0.3 is 5.97 Å². The summed E-state index contributed by atoms with van der Waals surface area (Å²) in [6, 6.07) is 12.4. The molecule has 1 aliphatic rings. The Bertz CT molecular complexity index is 1600. The van der Waals surface area contributed by atoms with Crippen LogP contribution in [0.25, 0.3) is 5.69 Å². The number of fused-ring (bicyclic) bond motifs is 1. The molecule has 2 heterocycles. The van der Waals surface area contributed by atoms with Crippen molar-refractivity contribution < 1.29 is 28.2 Å². The Morgan fingerprint density at radius 1 is 1.07 bits per heavy atom. The second-order valence-corrected chi connectivity index (χ2v) is 11.3. The van der Waals surface area contributed by atoms with E-state index in [-0.39, 0.29) is 30.7 Å². The number of esters is 1. The van der Waals surface area contributed by atoms with Crippen LogP contribution >= 0.6 is 23.1 Å². The topological polar surface area (TPSA) is 124 Å². The van der Waals surface area contributed by atoms with E-state index in [0.717, 1.165) is 41.5 Å². The minimum Gasteiger partial charge on any atom is -0.497 e. The van der Waals surface area contributed by atoms with Crippen LogP contribution < -0.4 is 15.4 Å². The number of nitrogens with one attached hydrogen (secondary N) is 2. The molecule has 0 atom stereocenters. The van der Waals surface area contributed by atoms with E-state index in [1.54, 1.807) is 55.0 Å². The van der Waals surface area contributed by atoms with Crippen LogP contribution in [0.2, 0.25) is 0 Å². The molecule has 2 amide bonds. The van der Waals surface area contributed by atoms with Crippen LogP contribution in [0.3, 0.4) is 0 Å². The highest BCUT2D eigenvalue weighted by Crippen LogP contribution is 2.39. The molecule has 0 radical (unpaired) electrons. The molecule has 0 spiro atoms. The Hall–Kier alpha value is -4.23. The summed E-state index contributed by atoms with van der Waals surface area (Å²) in [5, 5.41) is 15.0. The smallest absolute Gasteiger partial charge is 0.341 e. The number of nitrogens with zero attached hydrogens (tertiary/aromatic N) is 3. The van der Waals surface area contributed by atoms with Crippen LogP contribution in [0.5, 0.6) is 5.75 Å². The van der Waals surface area contributed by atoms with Crippen LogP contribution in [0, 0.1) is 5.82 Å². The monoisotopic (exact) mass is 609 g/mol. The van der Waals surface area contributed by atoms with Gasteiger partial charge in [-0.1, -0.05) is 11.8 Å². The summed E-state index contributed by atoms with van der Waals surface area (Å²) in [6.45, 7) is 2.02. The standard InChI is InChI=1S/C29H28FN5O5S2/c1-3-40-28(38)25-21-5-4-6-22(21)42-27(25)32-24(36)16-41-29-34-33-23(35(29)19-11-9-18(30)10-12-19)15-31-26(37)17-7-13-20(39-2)14-8-17/h7-14H,3-6,15-16H2,1-2H3,(H,31,37)(H,32,36). The fourth-order valence-corrected chi connectivity index (χ4v) is 6.63. The number of carbonyl (C=O) groups excluding carboxylic acids is 3. The van der Waals surface area contributed by atoms with Crippen molar-refractivity contribution in [3.05, 3.63) is 81.7 Å². The summed E-state index contributed by atoms with van der Waals surface area (Å²) in [5.74, 6) is -0.484. The normalized spacial score (nSPS) is 12.1. The summed E-state index contributed by atoms with van der Waals surface area (Å²) >= 11 is 2.54. The van der Waals surface area contributed by atoms with Crippen molar-refractivity contribution in [1.29, 1.82) is 0 Å². The number of aromatic nitrogens is 3. The number of hydrogen-bond donors (Lipinski definition) is 2. The van der Waals surface area contributed by atoms with Crippen molar-refractivity contribution >= 4 is 45.9 Å². The van der Waals surface area contributed by atoms with Gasteiger partial charge in [0.1, 0.15) is 16.6 Å². The lowest BCUT2D eigenvalue weighted by Crippen LogP contribution is -2.24. The number of thiophene rings is 1. The van der Waals surface area contributed by atoms with E-state index in [1.807, 2.05) is 0 Å². The predicted molar refractivity (Wildman–Crippen MR) is 157 cm³/mol. The van der Waals surface area contributed by atoms with E-state index < -0.39 is 11.8 Å². The van der Waals surface area contributed by atoms with E-state index in [1.165, 1.54) is 23.5 Å². The first kappa shape index (κ1) is 29.3. The van der Waals surface area contributed by atoms with Gasteiger partial charge in [-0.15, -0.1) is 21.5 Å². The van der Waals surface area contributed by atoms with Crippen molar-refractivity contribution in [2.45, 2.75) is 37.9 Å². The van der Waals surface area contributed by atoms with Crippen molar-refractivity contribution in [2.24, 2.45) is 0 Å². The number of thioether (sulfide) groups is 1. The molecular weight excluding hydrogens is 581 g/mol. The predicted octanol–water partition coefficient (Wildman–Crippen LogP) is 4.80. The van der Waals surface area contributed by atoms with E-state index in [9.17, 15) is 18.8 Å². The molecule has 2 N–H and O–H groups in total. The molecule has 0 fully saturated rings. The molecule has 0 saturated heterocycles. The van der Waals surface area contributed by atoms with Gasteiger partial charge in [-0.25, -0.2) is 9.18 Å². The molecule has 10 nitrogen and oxygen atoms in total. The minimum absolute atomic E-state index is 0.0254. The number of carbonyl (C=O) groups is 3. The second kappa shape index (κ2) is 13.2. The van der Waals surface area contributed by atoms with Gasteiger partial charge in [-0.05, 0) is 80.3 Å². The van der Waals surface area contributed by atoms with Crippen molar-refractivity contribution in [2.75, 3.05) is 24.8 Å². The molecule has 13 heteroatoms. The van der Waals surface area contributed by atoms with Gasteiger partial charge in [0.05, 0.1) is 31.6 Å². The Kier molecular flexibility index (Phi) is 9.18. The van der Waals surface area contributed by atoms with Gasteiger partial charge in [0, 0.05) is 16.1 Å². The SMILES string of the molecule is CCOC(=O)c1c(NC(=O)CSc2nnc(CNC(=O)c3ccc(OC)cc3)n2-c2ccc(F)cc2)sc2c1CCC2. The van der Waals surface area contributed by atoms with Gasteiger partial charge in [-0.2, -0.15) is 0 Å². The van der Waals surface area contributed by atoms with E-state index in [0.29, 0.717) is 38.5 Å². The highest BCUT2D eigenvalue weighted by Gasteiger charge is 2.28. The summed E-state index contributed by atoms with van der Waals surface area (Å²) in [4.78, 5) is 39.5. The Morgan fingerprint density at radius 3 is 2.55 bits per heavy atom. The van der Waals surface area contributed by atoms with Gasteiger partial charge < -0.3 is 20.1 Å². The number of aryl methyl sites for hydroxylation is 1. The largest absolute Gasteiger partial charge is 0.497 e. The fraction of sp³-hybridized carbons (Fsp3) is 0.276. The van der Waals surface area contributed by atoms with Gasteiger partial charge in [0.15, 0.2) is 11.0 Å². The van der Waals surface area contributed by atoms with Crippen LogP contribution in [0.1, 0.15) is 50.3 Å². The molecule has 0 unspecified atom stereocenters. The maximum absolute atomic E-state index is 13.7. The van der Waals surface area contributed by atoms with Crippen LogP contribution in [-0.2, 0) is 28.9 Å². The summed E-state index contributed by atoms with van der Waals surface area (Å²) < 4.78 is 25.7. The Balaban J connectivity index is 1.31. The molecule has 1 aliphatic carbocycles. The third-order valence-corrected chi connectivity index (χ3v) is 8.67. The fourth-order valence-electron chi connectivity index (χ4n) is 4.57. The number of amides is 2. The Labute approximate surface area is 249 Å². The lowest BCUT2D eigenvalue weighted by Gasteiger charge is -2.11. The zero-order valence-corrected chi connectivity index (χ0v) is 24.6. The van der Waals surface area contributed by atoms with Crippen LogP contribution in [-0.4, -0.2) is 52.0 Å². The molecule has 42 heavy (non-hydrogen) atoms. The third-order valence-electron chi connectivity index (χ3n) is 6.53. The number of anilines is 1. The molecule has 2 aromatic heterocycles. The lowest BCUT2D eigenvalue weighted by molar-refractivity contribution is -0.113. The van der Waals surface area contributed by atoms with Gasteiger partial charge in [0.2, 0.25) is 5.91 Å². The molecule has 218 valence electrons. The highest BCUT2D eigenvalue weighted by atomic mass is 32.2. The molecule has 0 aliphatic heterocycles. The zero-order chi connectivity index (χ0) is 29.6. The second-order valence-electron chi connectivity index (χ2n) is 9.24. The van der Waals surface area contributed by atoms with Crippen molar-refractivity contribution in [1.82, 2.24) is 20.1 Å². The van der Waals surface area contributed by atoms with Gasteiger partial charge in [-0.3, -0.25) is 14.2 Å². The molecule has 2 aromatic carbocycles. The Morgan fingerprint density at radius 2 is 1.83 bits per heavy atom. The maximum atomic E-state index is 13.7. The molecule has 0 saturated carbocycles. The van der Waals surface area contributed by atoms with Crippen molar-refractivity contribution in [3.63, 3.8) is 0 Å². The van der Waals surface area contributed by atoms with E-state index >= 15 is 0 Å². The molecule has 5 rings (SSSR count). The average molecular weight is 610 g/mol. The summed E-state index contributed by atoms with van der Waals surface area (Å²) in [7, 11) is 1.55. The summed E-state index contributed by atoms with van der Waals surface area (Å²) in [6.07, 6.45) is 2.62.